The van der Waals surface area contributed by atoms with Crippen molar-refractivity contribution in [2.75, 3.05) is 0 Å². The number of hydrazone groups is 1. The number of benzene rings is 3. The molecule has 0 aliphatic rings. The summed E-state index contributed by atoms with van der Waals surface area (Å²) in [5.74, 6) is -0.546. The number of nitrogens with one attached hydrogen (secondary N) is 1. The SMILES string of the molecule is O=C(Cc1ccc(/C=N/NC(=O)c2ccccc2)cc1)OCc1ccccc1. The van der Waals surface area contributed by atoms with E-state index in [0.717, 1.165) is 16.7 Å². The van der Waals surface area contributed by atoms with Gasteiger partial charge in [-0.2, -0.15) is 5.10 Å². The Labute approximate surface area is 163 Å². The lowest BCUT2D eigenvalue weighted by atomic mass is 10.1. The van der Waals surface area contributed by atoms with E-state index in [1.807, 2.05) is 60.7 Å². The van der Waals surface area contributed by atoms with Gasteiger partial charge in [-0.15, -0.1) is 0 Å². The minimum absolute atomic E-state index is 0.203. The Balaban J connectivity index is 1.46. The monoisotopic (exact) mass is 372 g/mol. The van der Waals surface area contributed by atoms with Crippen LogP contribution in [-0.2, 0) is 22.6 Å². The molecule has 1 N–H and O–H groups in total. The van der Waals surface area contributed by atoms with Gasteiger partial charge in [-0.1, -0.05) is 72.8 Å². The molecule has 0 saturated heterocycles. The van der Waals surface area contributed by atoms with Crippen molar-refractivity contribution in [2.24, 2.45) is 5.10 Å². The first kappa shape index (κ1) is 19.0. The van der Waals surface area contributed by atoms with Gasteiger partial charge in [-0.25, -0.2) is 5.43 Å². The van der Waals surface area contributed by atoms with Crippen LogP contribution in [0.5, 0.6) is 0 Å². The lowest BCUT2D eigenvalue weighted by molar-refractivity contribution is -0.144. The molecule has 5 nitrogen and oxygen atoms in total. The summed E-state index contributed by atoms with van der Waals surface area (Å²) in [7, 11) is 0. The number of ether oxygens (including phenoxy) is 1. The quantitative estimate of drug-likeness (QED) is 0.390. The molecule has 0 bridgehead atoms. The van der Waals surface area contributed by atoms with Crippen molar-refractivity contribution < 1.29 is 14.3 Å². The second kappa shape index (κ2) is 9.83. The standard InChI is InChI=1S/C23H20N2O3/c26-22(28-17-20-7-3-1-4-8-20)15-18-11-13-19(14-12-18)16-24-25-23(27)21-9-5-2-6-10-21/h1-14,16H,15,17H2,(H,25,27)/b24-16+. The number of hydrogen-bond acceptors (Lipinski definition) is 4. The number of hydrogen-bond donors (Lipinski definition) is 1. The molecule has 0 radical (unpaired) electrons. The highest BCUT2D eigenvalue weighted by atomic mass is 16.5. The summed E-state index contributed by atoms with van der Waals surface area (Å²) in [6, 6.07) is 25.8. The average Bonchev–Trinajstić information content (AvgIpc) is 2.75. The molecule has 3 rings (SSSR count). The lowest BCUT2D eigenvalue weighted by Gasteiger charge is -2.05. The zero-order valence-corrected chi connectivity index (χ0v) is 15.2. The summed E-state index contributed by atoms with van der Waals surface area (Å²) in [4.78, 5) is 23.9. The molecule has 0 aliphatic heterocycles. The van der Waals surface area contributed by atoms with Crippen molar-refractivity contribution >= 4 is 18.1 Å². The van der Waals surface area contributed by atoms with Crippen molar-refractivity contribution in [2.45, 2.75) is 13.0 Å². The number of nitrogens with zero attached hydrogens (tertiary/aromatic N) is 1. The average molecular weight is 372 g/mol. The predicted octanol–water partition coefficient (Wildman–Crippen LogP) is 3.74. The van der Waals surface area contributed by atoms with E-state index in [-0.39, 0.29) is 24.9 Å². The molecule has 3 aromatic carbocycles. The number of esters is 1. The van der Waals surface area contributed by atoms with Gasteiger partial charge in [0, 0.05) is 5.56 Å². The molecular weight excluding hydrogens is 352 g/mol. The lowest BCUT2D eigenvalue weighted by Crippen LogP contribution is -2.17. The van der Waals surface area contributed by atoms with Crippen LogP contribution in [0.3, 0.4) is 0 Å². The highest BCUT2D eigenvalue weighted by Crippen LogP contribution is 2.07. The van der Waals surface area contributed by atoms with Gasteiger partial charge in [0.15, 0.2) is 0 Å². The van der Waals surface area contributed by atoms with Crippen molar-refractivity contribution in [1.82, 2.24) is 5.43 Å². The number of carbonyl (C=O) groups is 2. The van der Waals surface area contributed by atoms with Gasteiger partial charge in [0.1, 0.15) is 6.61 Å². The number of amides is 1. The van der Waals surface area contributed by atoms with Gasteiger partial charge in [0.2, 0.25) is 0 Å². The van der Waals surface area contributed by atoms with Crippen LogP contribution in [0.4, 0.5) is 0 Å². The molecule has 0 spiro atoms. The summed E-state index contributed by atoms with van der Waals surface area (Å²) in [6.45, 7) is 0.269. The second-order valence-electron chi connectivity index (χ2n) is 6.13. The Morgan fingerprint density at radius 2 is 1.46 bits per heavy atom. The van der Waals surface area contributed by atoms with Gasteiger partial charge < -0.3 is 4.74 Å². The van der Waals surface area contributed by atoms with E-state index in [1.54, 1.807) is 30.5 Å². The van der Waals surface area contributed by atoms with E-state index in [1.165, 1.54) is 0 Å². The van der Waals surface area contributed by atoms with Gasteiger partial charge in [0.05, 0.1) is 12.6 Å². The smallest absolute Gasteiger partial charge is 0.310 e. The maximum Gasteiger partial charge on any atom is 0.310 e. The minimum atomic E-state index is -0.277. The third kappa shape index (κ3) is 5.92. The summed E-state index contributed by atoms with van der Waals surface area (Å²) in [5, 5.41) is 3.96. The number of carbonyl (C=O) groups excluding carboxylic acids is 2. The Kier molecular flexibility index (Phi) is 6.68. The highest BCUT2D eigenvalue weighted by molar-refractivity contribution is 5.94. The maximum absolute atomic E-state index is 12.0. The molecule has 5 heteroatoms. The molecule has 0 heterocycles. The molecule has 140 valence electrons. The van der Waals surface area contributed by atoms with E-state index < -0.39 is 0 Å². The van der Waals surface area contributed by atoms with Crippen molar-refractivity contribution in [3.05, 3.63) is 107 Å². The van der Waals surface area contributed by atoms with E-state index >= 15 is 0 Å². The van der Waals surface area contributed by atoms with Crippen molar-refractivity contribution in [3.63, 3.8) is 0 Å². The topological polar surface area (TPSA) is 67.8 Å². The summed E-state index contributed by atoms with van der Waals surface area (Å²) >= 11 is 0. The first-order chi connectivity index (χ1) is 13.7. The Morgan fingerprint density at radius 1 is 0.821 bits per heavy atom. The zero-order chi connectivity index (χ0) is 19.6. The van der Waals surface area contributed by atoms with E-state index in [9.17, 15) is 9.59 Å². The summed E-state index contributed by atoms with van der Waals surface area (Å²) in [6.07, 6.45) is 1.76. The molecule has 1 amide bonds. The first-order valence-electron chi connectivity index (χ1n) is 8.87. The van der Waals surface area contributed by atoms with Crippen LogP contribution in [0.15, 0.2) is 90.0 Å². The molecule has 28 heavy (non-hydrogen) atoms. The van der Waals surface area contributed by atoms with Crippen LogP contribution in [0, 0.1) is 0 Å². The van der Waals surface area contributed by atoms with Crippen LogP contribution in [0.2, 0.25) is 0 Å². The number of rotatable bonds is 7. The largest absolute Gasteiger partial charge is 0.461 e. The fourth-order valence-corrected chi connectivity index (χ4v) is 2.50. The van der Waals surface area contributed by atoms with Gasteiger partial charge in [-0.3, -0.25) is 9.59 Å². The van der Waals surface area contributed by atoms with E-state index in [0.29, 0.717) is 5.56 Å². The minimum Gasteiger partial charge on any atom is -0.461 e. The van der Waals surface area contributed by atoms with Crippen LogP contribution in [0.25, 0.3) is 0 Å². The van der Waals surface area contributed by atoms with E-state index in [2.05, 4.69) is 10.5 Å². The third-order valence-electron chi connectivity index (χ3n) is 3.99. The molecule has 0 atom stereocenters. The van der Waals surface area contributed by atoms with Crippen molar-refractivity contribution in [3.8, 4) is 0 Å². The fraction of sp³-hybridized carbons (Fsp3) is 0.0870. The fourth-order valence-electron chi connectivity index (χ4n) is 2.50. The zero-order valence-electron chi connectivity index (χ0n) is 15.2. The van der Waals surface area contributed by atoms with Crippen LogP contribution in [-0.4, -0.2) is 18.1 Å². The van der Waals surface area contributed by atoms with Gasteiger partial charge in [-0.05, 0) is 28.8 Å². The molecule has 0 aliphatic carbocycles. The molecule has 0 saturated carbocycles. The van der Waals surface area contributed by atoms with Crippen molar-refractivity contribution in [1.29, 1.82) is 0 Å². The summed E-state index contributed by atoms with van der Waals surface area (Å²) in [5.41, 5.74) is 5.65. The second-order valence-corrected chi connectivity index (χ2v) is 6.13. The predicted molar refractivity (Wildman–Crippen MR) is 108 cm³/mol. The van der Waals surface area contributed by atoms with Crippen LogP contribution >= 0.6 is 0 Å². The Bertz CT molecular complexity index is 937. The Morgan fingerprint density at radius 3 is 2.14 bits per heavy atom. The first-order valence-corrected chi connectivity index (χ1v) is 8.87. The molecular formula is C23H20N2O3. The Hall–Kier alpha value is -3.73. The highest BCUT2D eigenvalue weighted by Gasteiger charge is 2.05. The molecule has 0 aromatic heterocycles. The van der Waals surface area contributed by atoms with E-state index in [4.69, 9.17) is 4.74 Å². The normalized spacial score (nSPS) is 10.6. The molecule has 3 aromatic rings. The van der Waals surface area contributed by atoms with Crippen LogP contribution < -0.4 is 5.43 Å². The van der Waals surface area contributed by atoms with Crippen LogP contribution in [0.1, 0.15) is 27.0 Å². The van der Waals surface area contributed by atoms with Gasteiger partial charge >= 0.3 is 5.97 Å². The molecule has 0 unspecified atom stereocenters. The molecule has 0 fully saturated rings. The summed E-state index contributed by atoms with van der Waals surface area (Å²) < 4.78 is 5.28. The third-order valence-corrected chi connectivity index (χ3v) is 3.99. The van der Waals surface area contributed by atoms with Gasteiger partial charge in [0.25, 0.3) is 5.91 Å². The maximum atomic E-state index is 12.0.